The van der Waals surface area contributed by atoms with Crippen LogP contribution in [0.2, 0.25) is 0 Å². The average molecular weight is 352 g/mol. The summed E-state index contributed by atoms with van der Waals surface area (Å²) >= 11 is 1.74. The Hall–Kier alpha value is -1.63. The molecule has 1 amide bonds. The number of aromatic nitrogens is 1. The topological polar surface area (TPSA) is 78.4 Å². The molecule has 0 aromatic carbocycles. The van der Waals surface area contributed by atoms with E-state index in [1.54, 1.807) is 18.4 Å². The Morgan fingerprint density at radius 3 is 2.62 bits per heavy atom. The van der Waals surface area contributed by atoms with Crippen molar-refractivity contribution in [3.05, 3.63) is 15.6 Å². The predicted octanol–water partition coefficient (Wildman–Crippen LogP) is 1.92. The number of nitrogens with one attached hydrogen (secondary N) is 3. The van der Waals surface area contributed by atoms with Crippen molar-refractivity contribution in [1.82, 2.24) is 20.9 Å². The number of hydrogen-bond acceptors (Lipinski definition) is 4. The molecule has 7 heteroatoms. The summed E-state index contributed by atoms with van der Waals surface area (Å²) in [7, 11) is 1.71. The Kier molecular flexibility index (Phi) is 7.49. The molecule has 1 aliphatic carbocycles. The molecule has 2 rings (SSSR count). The first kappa shape index (κ1) is 18.7. The molecule has 1 heterocycles. The second-order valence-corrected chi connectivity index (χ2v) is 7.54. The van der Waals surface area contributed by atoms with E-state index < -0.39 is 0 Å². The van der Waals surface area contributed by atoms with E-state index in [2.05, 4.69) is 32.9 Å². The summed E-state index contributed by atoms with van der Waals surface area (Å²) in [6.07, 6.45) is 6.79. The predicted molar refractivity (Wildman–Crippen MR) is 99.7 cm³/mol. The maximum absolute atomic E-state index is 12.0. The first-order chi connectivity index (χ1) is 11.6. The summed E-state index contributed by atoms with van der Waals surface area (Å²) < 4.78 is 0. The van der Waals surface area contributed by atoms with Gasteiger partial charge in [-0.1, -0.05) is 19.3 Å². The van der Waals surface area contributed by atoms with E-state index in [0.29, 0.717) is 12.0 Å². The highest BCUT2D eigenvalue weighted by atomic mass is 32.1. The SMILES string of the molecule is CN=C(NCCc1nc(C)c(C)s1)NCC(=O)NC1CCCCC1. The number of amides is 1. The van der Waals surface area contributed by atoms with Crippen LogP contribution in [0.25, 0.3) is 0 Å². The summed E-state index contributed by atoms with van der Waals surface area (Å²) in [5.74, 6) is 0.690. The standard InChI is InChI=1S/C17H29N5OS/c1-12-13(2)24-16(21-12)9-10-19-17(18-3)20-11-15(23)22-14-7-5-4-6-8-14/h14H,4-11H2,1-3H3,(H,22,23)(H2,18,19,20). The van der Waals surface area contributed by atoms with Crippen molar-refractivity contribution in [3.63, 3.8) is 0 Å². The maximum Gasteiger partial charge on any atom is 0.239 e. The van der Waals surface area contributed by atoms with E-state index in [-0.39, 0.29) is 12.5 Å². The highest BCUT2D eigenvalue weighted by molar-refractivity contribution is 7.11. The number of aryl methyl sites for hydroxylation is 2. The Balaban J connectivity index is 1.65. The number of hydrogen-bond donors (Lipinski definition) is 3. The molecule has 1 aromatic rings. The molecule has 0 spiro atoms. The molecule has 3 N–H and O–H groups in total. The third-order valence-electron chi connectivity index (χ3n) is 4.31. The van der Waals surface area contributed by atoms with Crippen molar-refractivity contribution in [1.29, 1.82) is 0 Å². The van der Waals surface area contributed by atoms with Crippen molar-refractivity contribution in [2.75, 3.05) is 20.1 Å². The van der Waals surface area contributed by atoms with Gasteiger partial charge >= 0.3 is 0 Å². The fourth-order valence-electron chi connectivity index (χ4n) is 2.84. The minimum absolute atomic E-state index is 0.0380. The summed E-state index contributed by atoms with van der Waals surface area (Å²) in [5, 5.41) is 10.5. The number of nitrogens with zero attached hydrogens (tertiary/aromatic N) is 2. The first-order valence-corrected chi connectivity index (χ1v) is 9.57. The normalized spacial score (nSPS) is 16.0. The van der Waals surface area contributed by atoms with Gasteiger partial charge < -0.3 is 16.0 Å². The van der Waals surface area contributed by atoms with Gasteiger partial charge in [0.1, 0.15) is 0 Å². The van der Waals surface area contributed by atoms with Gasteiger partial charge in [-0.15, -0.1) is 11.3 Å². The number of rotatable bonds is 6. The number of carbonyl (C=O) groups is 1. The van der Waals surface area contributed by atoms with Gasteiger partial charge in [0.25, 0.3) is 0 Å². The second kappa shape index (κ2) is 9.61. The van der Waals surface area contributed by atoms with Crippen molar-refractivity contribution in [2.45, 2.75) is 58.4 Å². The van der Waals surface area contributed by atoms with E-state index >= 15 is 0 Å². The Morgan fingerprint density at radius 1 is 1.25 bits per heavy atom. The maximum atomic E-state index is 12.0. The van der Waals surface area contributed by atoms with Crippen LogP contribution in [0.5, 0.6) is 0 Å². The van der Waals surface area contributed by atoms with Gasteiger partial charge in [0.2, 0.25) is 5.91 Å². The molecule has 0 bridgehead atoms. The van der Waals surface area contributed by atoms with Gasteiger partial charge in [-0.3, -0.25) is 9.79 Å². The molecule has 0 radical (unpaired) electrons. The van der Waals surface area contributed by atoms with E-state index in [9.17, 15) is 4.79 Å². The van der Waals surface area contributed by atoms with Crippen molar-refractivity contribution in [2.24, 2.45) is 4.99 Å². The number of aliphatic imine (C=N–C) groups is 1. The Labute approximate surface area is 148 Å². The molecule has 1 aliphatic rings. The largest absolute Gasteiger partial charge is 0.356 e. The van der Waals surface area contributed by atoms with Crippen LogP contribution < -0.4 is 16.0 Å². The van der Waals surface area contributed by atoms with Crippen LogP contribution in [0, 0.1) is 13.8 Å². The van der Waals surface area contributed by atoms with Crippen molar-refractivity contribution < 1.29 is 4.79 Å². The van der Waals surface area contributed by atoms with Gasteiger partial charge in [0, 0.05) is 30.9 Å². The molecule has 0 saturated heterocycles. The lowest BCUT2D eigenvalue weighted by molar-refractivity contribution is -0.120. The van der Waals surface area contributed by atoms with Crippen LogP contribution in [-0.4, -0.2) is 43.0 Å². The molecule has 0 unspecified atom stereocenters. The average Bonchev–Trinajstić information content (AvgIpc) is 2.89. The fraction of sp³-hybridized carbons (Fsp3) is 0.706. The second-order valence-electron chi connectivity index (χ2n) is 6.25. The number of carbonyl (C=O) groups excluding carboxylic acids is 1. The molecule has 0 aliphatic heterocycles. The van der Waals surface area contributed by atoms with Crippen LogP contribution in [0.3, 0.4) is 0 Å². The quantitative estimate of drug-likeness (QED) is 0.540. The highest BCUT2D eigenvalue weighted by Crippen LogP contribution is 2.17. The fourth-order valence-corrected chi connectivity index (χ4v) is 3.78. The highest BCUT2D eigenvalue weighted by Gasteiger charge is 2.15. The summed E-state index contributed by atoms with van der Waals surface area (Å²) in [5.41, 5.74) is 1.11. The minimum atomic E-state index is 0.0380. The smallest absolute Gasteiger partial charge is 0.239 e. The van der Waals surface area contributed by atoms with Gasteiger partial charge in [-0.25, -0.2) is 4.98 Å². The lowest BCUT2D eigenvalue weighted by Crippen LogP contribution is -2.46. The minimum Gasteiger partial charge on any atom is -0.356 e. The van der Waals surface area contributed by atoms with E-state index in [1.807, 2.05) is 6.92 Å². The molecule has 1 saturated carbocycles. The zero-order valence-corrected chi connectivity index (χ0v) is 15.8. The molecule has 1 aromatic heterocycles. The zero-order chi connectivity index (χ0) is 17.4. The number of thiazole rings is 1. The lowest BCUT2D eigenvalue weighted by Gasteiger charge is -2.23. The van der Waals surface area contributed by atoms with Crippen molar-refractivity contribution in [3.8, 4) is 0 Å². The van der Waals surface area contributed by atoms with Crippen molar-refractivity contribution >= 4 is 23.2 Å². The summed E-state index contributed by atoms with van der Waals surface area (Å²) in [6.45, 7) is 5.13. The van der Waals surface area contributed by atoms with Crippen LogP contribution in [0.4, 0.5) is 0 Å². The molecule has 24 heavy (non-hydrogen) atoms. The molecule has 1 fully saturated rings. The van der Waals surface area contributed by atoms with E-state index in [4.69, 9.17) is 0 Å². The summed E-state index contributed by atoms with van der Waals surface area (Å²) in [6, 6.07) is 0.347. The van der Waals surface area contributed by atoms with E-state index in [1.165, 1.54) is 24.1 Å². The first-order valence-electron chi connectivity index (χ1n) is 8.75. The third-order valence-corrected chi connectivity index (χ3v) is 5.45. The summed E-state index contributed by atoms with van der Waals surface area (Å²) in [4.78, 5) is 22.0. The van der Waals surface area contributed by atoms with Crippen LogP contribution in [-0.2, 0) is 11.2 Å². The van der Waals surface area contributed by atoms with Gasteiger partial charge in [-0.2, -0.15) is 0 Å². The zero-order valence-electron chi connectivity index (χ0n) is 14.9. The Morgan fingerprint density at radius 2 is 2.00 bits per heavy atom. The molecule has 134 valence electrons. The van der Waals surface area contributed by atoms with Gasteiger partial charge in [0.05, 0.1) is 17.2 Å². The number of guanidine groups is 1. The molecule has 6 nitrogen and oxygen atoms in total. The molecule has 0 atom stereocenters. The lowest BCUT2D eigenvalue weighted by atomic mass is 9.95. The monoisotopic (exact) mass is 351 g/mol. The third kappa shape index (κ3) is 6.11. The Bertz CT molecular complexity index is 544. The molecular formula is C17H29N5OS. The van der Waals surface area contributed by atoms with Crippen LogP contribution >= 0.6 is 11.3 Å². The molecular weight excluding hydrogens is 322 g/mol. The van der Waals surface area contributed by atoms with Gasteiger partial charge in [0.15, 0.2) is 5.96 Å². The van der Waals surface area contributed by atoms with Crippen LogP contribution in [0.1, 0.15) is 47.7 Å². The van der Waals surface area contributed by atoms with Gasteiger partial charge in [-0.05, 0) is 26.7 Å². The van der Waals surface area contributed by atoms with Crippen LogP contribution in [0.15, 0.2) is 4.99 Å². The van der Waals surface area contributed by atoms with E-state index in [0.717, 1.165) is 36.5 Å².